The zero-order valence-corrected chi connectivity index (χ0v) is 16.4. The standard InChI is InChI=1S/C21H18N4O5/c1-12(2)25-20(26)14-5-3-4-6-15(14)24(21(25)27)10-18-22-19(23-30-18)13-7-8-16-17(9-13)29-11-28-16/h3-9,12H,10-11H2,1-2H3. The molecule has 30 heavy (non-hydrogen) atoms. The van der Waals surface area contributed by atoms with Gasteiger partial charge in [-0.1, -0.05) is 17.3 Å². The summed E-state index contributed by atoms with van der Waals surface area (Å²) < 4.78 is 18.8. The summed E-state index contributed by atoms with van der Waals surface area (Å²) in [6.07, 6.45) is 0. The van der Waals surface area contributed by atoms with Crippen LogP contribution < -0.4 is 20.7 Å². The number of hydrogen-bond acceptors (Lipinski definition) is 7. The molecule has 0 spiro atoms. The number of hydrogen-bond donors (Lipinski definition) is 0. The van der Waals surface area contributed by atoms with Crippen molar-refractivity contribution >= 4 is 10.9 Å². The van der Waals surface area contributed by atoms with Gasteiger partial charge in [-0.25, -0.2) is 4.79 Å². The van der Waals surface area contributed by atoms with E-state index in [4.69, 9.17) is 14.0 Å². The van der Waals surface area contributed by atoms with E-state index >= 15 is 0 Å². The molecule has 1 aliphatic heterocycles. The molecule has 152 valence electrons. The fraction of sp³-hybridized carbons (Fsp3) is 0.238. The fourth-order valence-corrected chi connectivity index (χ4v) is 3.56. The summed E-state index contributed by atoms with van der Waals surface area (Å²) in [6, 6.07) is 12.1. The van der Waals surface area contributed by atoms with Gasteiger partial charge in [-0.3, -0.25) is 13.9 Å². The second-order valence-corrected chi connectivity index (χ2v) is 7.23. The molecule has 0 bridgehead atoms. The number of para-hydroxylation sites is 1. The minimum absolute atomic E-state index is 0.0455. The van der Waals surface area contributed by atoms with E-state index in [0.717, 1.165) is 0 Å². The topological polar surface area (TPSA) is 101 Å². The van der Waals surface area contributed by atoms with E-state index in [9.17, 15) is 9.59 Å². The number of ether oxygens (including phenoxy) is 2. The Bertz CT molecular complexity index is 1380. The number of aromatic nitrogens is 4. The molecular weight excluding hydrogens is 388 g/mol. The third-order valence-corrected chi connectivity index (χ3v) is 4.99. The Morgan fingerprint density at radius 1 is 1.07 bits per heavy atom. The molecule has 2 aromatic carbocycles. The summed E-state index contributed by atoms with van der Waals surface area (Å²) in [5.41, 5.74) is 0.496. The molecule has 5 rings (SSSR count). The lowest BCUT2D eigenvalue weighted by Gasteiger charge is -2.14. The average molecular weight is 406 g/mol. The molecule has 9 nitrogen and oxygen atoms in total. The van der Waals surface area contributed by atoms with Crippen LogP contribution in [0.15, 0.2) is 56.6 Å². The first kappa shape index (κ1) is 18.2. The van der Waals surface area contributed by atoms with Gasteiger partial charge in [0.05, 0.1) is 10.9 Å². The second kappa shape index (κ2) is 6.87. The number of nitrogens with zero attached hydrogens (tertiary/aromatic N) is 4. The van der Waals surface area contributed by atoms with E-state index in [1.165, 1.54) is 9.13 Å². The molecule has 4 aromatic rings. The van der Waals surface area contributed by atoms with E-state index in [2.05, 4.69) is 10.1 Å². The fourth-order valence-electron chi connectivity index (χ4n) is 3.56. The van der Waals surface area contributed by atoms with Crippen molar-refractivity contribution in [1.29, 1.82) is 0 Å². The maximum absolute atomic E-state index is 13.1. The van der Waals surface area contributed by atoms with Crippen molar-refractivity contribution in [1.82, 2.24) is 19.3 Å². The first-order valence-corrected chi connectivity index (χ1v) is 9.49. The van der Waals surface area contributed by atoms with Crippen LogP contribution in [0.2, 0.25) is 0 Å². The molecule has 0 fully saturated rings. The predicted octanol–water partition coefficient (Wildman–Crippen LogP) is 2.57. The summed E-state index contributed by atoms with van der Waals surface area (Å²) in [4.78, 5) is 30.2. The molecule has 0 aliphatic carbocycles. The Morgan fingerprint density at radius 3 is 2.70 bits per heavy atom. The molecule has 1 aliphatic rings. The third kappa shape index (κ3) is 2.86. The first-order valence-electron chi connectivity index (χ1n) is 9.49. The summed E-state index contributed by atoms with van der Waals surface area (Å²) in [6.45, 7) is 3.82. The van der Waals surface area contributed by atoms with Crippen LogP contribution in [-0.2, 0) is 6.54 Å². The lowest BCUT2D eigenvalue weighted by molar-refractivity contribution is 0.174. The van der Waals surface area contributed by atoms with Crippen LogP contribution in [0.3, 0.4) is 0 Å². The van der Waals surface area contributed by atoms with Gasteiger partial charge in [-0.15, -0.1) is 0 Å². The highest BCUT2D eigenvalue weighted by molar-refractivity contribution is 5.77. The average Bonchev–Trinajstić information content (AvgIpc) is 3.39. The Hall–Kier alpha value is -3.88. The van der Waals surface area contributed by atoms with E-state index in [-0.39, 0.29) is 30.8 Å². The van der Waals surface area contributed by atoms with Crippen LogP contribution in [0.4, 0.5) is 0 Å². The Kier molecular flexibility index (Phi) is 4.16. The highest BCUT2D eigenvalue weighted by atomic mass is 16.7. The number of fused-ring (bicyclic) bond motifs is 2. The van der Waals surface area contributed by atoms with Crippen molar-refractivity contribution in [3.05, 3.63) is 69.2 Å². The van der Waals surface area contributed by atoms with E-state index < -0.39 is 5.69 Å². The molecule has 0 radical (unpaired) electrons. The third-order valence-electron chi connectivity index (χ3n) is 4.99. The molecule has 9 heteroatoms. The first-order chi connectivity index (χ1) is 14.5. The molecule has 0 saturated carbocycles. The Labute approximate surface area is 170 Å². The number of rotatable bonds is 4. The molecule has 0 N–H and O–H groups in total. The maximum Gasteiger partial charge on any atom is 0.332 e. The minimum Gasteiger partial charge on any atom is -0.454 e. The van der Waals surface area contributed by atoms with Crippen molar-refractivity contribution in [2.75, 3.05) is 6.79 Å². The van der Waals surface area contributed by atoms with Gasteiger partial charge in [0.2, 0.25) is 18.5 Å². The summed E-state index contributed by atoms with van der Waals surface area (Å²) in [7, 11) is 0. The summed E-state index contributed by atoms with van der Waals surface area (Å²) >= 11 is 0. The van der Waals surface area contributed by atoms with Gasteiger partial charge in [0.15, 0.2) is 11.5 Å². The van der Waals surface area contributed by atoms with E-state index in [0.29, 0.717) is 33.8 Å². The zero-order valence-electron chi connectivity index (χ0n) is 16.4. The van der Waals surface area contributed by atoms with E-state index in [1.807, 2.05) is 6.07 Å². The lowest BCUT2D eigenvalue weighted by Crippen LogP contribution is -2.41. The van der Waals surface area contributed by atoms with Crippen LogP contribution in [0.5, 0.6) is 11.5 Å². The monoisotopic (exact) mass is 406 g/mol. The molecular formula is C21H18N4O5. The van der Waals surface area contributed by atoms with Gasteiger partial charge >= 0.3 is 5.69 Å². The maximum atomic E-state index is 13.1. The normalized spacial score (nSPS) is 12.8. The molecule has 2 aromatic heterocycles. The molecule has 0 saturated heterocycles. The van der Waals surface area contributed by atoms with Crippen LogP contribution in [0.25, 0.3) is 22.3 Å². The van der Waals surface area contributed by atoms with Crippen molar-refractivity contribution in [3.8, 4) is 22.9 Å². The van der Waals surface area contributed by atoms with Crippen LogP contribution in [0.1, 0.15) is 25.8 Å². The van der Waals surface area contributed by atoms with Gasteiger partial charge in [0.1, 0.15) is 6.54 Å². The summed E-state index contributed by atoms with van der Waals surface area (Å²) in [5.74, 6) is 1.91. The van der Waals surface area contributed by atoms with Crippen molar-refractivity contribution in [3.63, 3.8) is 0 Å². The quantitative estimate of drug-likeness (QED) is 0.513. The minimum atomic E-state index is -0.420. The highest BCUT2D eigenvalue weighted by Crippen LogP contribution is 2.35. The molecule has 3 heterocycles. The summed E-state index contributed by atoms with van der Waals surface area (Å²) in [5, 5.41) is 4.49. The lowest BCUT2D eigenvalue weighted by atomic mass is 10.2. The highest BCUT2D eigenvalue weighted by Gasteiger charge is 2.19. The zero-order chi connectivity index (χ0) is 20.8. The Morgan fingerprint density at radius 2 is 1.87 bits per heavy atom. The van der Waals surface area contributed by atoms with Crippen LogP contribution in [0, 0.1) is 0 Å². The predicted molar refractivity (Wildman–Crippen MR) is 108 cm³/mol. The van der Waals surface area contributed by atoms with Gasteiger partial charge in [0, 0.05) is 11.6 Å². The molecule has 0 unspecified atom stereocenters. The SMILES string of the molecule is CC(C)n1c(=O)c2ccccc2n(Cc2nc(-c3ccc4c(c3)OCO4)no2)c1=O. The van der Waals surface area contributed by atoms with Crippen molar-refractivity contribution in [2.45, 2.75) is 26.4 Å². The molecule has 0 amide bonds. The van der Waals surface area contributed by atoms with Gasteiger partial charge in [-0.2, -0.15) is 4.98 Å². The van der Waals surface area contributed by atoms with Crippen LogP contribution in [-0.4, -0.2) is 26.1 Å². The van der Waals surface area contributed by atoms with Gasteiger partial charge in [0.25, 0.3) is 5.56 Å². The second-order valence-electron chi connectivity index (χ2n) is 7.23. The Balaban J connectivity index is 1.57. The van der Waals surface area contributed by atoms with E-state index in [1.54, 1.807) is 50.2 Å². The van der Waals surface area contributed by atoms with Crippen molar-refractivity contribution in [2.24, 2.45) is 0 Å². The molecule has 0 atom stereocenters. The van der Waals surface area contributed by atoms with Gasteiger partial charge < -0.3 is 14.0 Å². The largest absolute Gasteiger partial charge is 0.454 e. The van der Waals surface area contributed by atoms with Crippen LogP contribution >= 0.6 is 0 Å². The number of benzene rings is 2. The van der Waals surface area contributed by atoms with Gasteiger partial charge in [-0.05, 0) is 44.2 Å². The smallest absolute Gasteiger partial charge is 0.332 e. The van der Waals surface area contributed by atoms with Crippen molar-refractivity contribution < 1.29 is 14.0 Å².